The highest BCUT2D eigenvalue weighted by Crippen LogP contribution is 2.16. The summed E-state index contributed by atoms with van der Waals surface area (Å²) in [7, 11) is 0. The Kier molecular flexibility index (Phi) is 6.02. The number of hydrazone groups is 1. The maximum atomic E-state index is 11.4. The molecule has 1 heterocycles. The number of anilines is 1. The molecular formula is C16H17N3O4S. The van der Waals surface area contributed by atoms with Crippen molar-refractivity contribution in [3.05, 3.63) is 46.0 Å². The van der Waals surface area contributed by atoms with E-state index in [0.29, 0.717) is 17.4 Å². The van der Waals surface area contributed by atoms with E-state index in [2.05, 4.69) is 15.5 Å². The predicted octanol–water partition coefficient (Wildman–Crippen LogP) is 2.70. The molecule has 0 atom stereocenters. The molecule has 0 bridgehead atoms. The monoisotopic (exact) mass is 347 g/mol. The van der Waals surface area contributed by atoms with Gasteiger partial charge in [0.2, 0.25) is 5.13 Å². The molecule has 0 unspecified atom stereocenters. The highest BCUT2D eigenvalue weighted by molar-refractivity contribution is 7.13. The number of nitrogens with one attached hydrogen (secondary N) is 1. The van der Waals surface area contributed by atoms with Crippen LogP contribution in [0, 0.1) is 6.92 Å². The summed E-state index contributed by atoms with van der Waals surface area (Å²) in [4.78, 5) is 26.5. The second kappa shape index (κ2) is 8.21. The topological polar surface area (TPSA) is 101 Å². The highest BCUT2D eigenvalue weighted by atomic mass is 32.1. The van der Waals surface area contributed by atoms with E-state index in [4.69, 9.17) is 9.84 Å². The Morgan fingerprint density at radius 2 is 2.25 bits per heavy atom. The van der Waals surface area contributed by atoms with Gasteiger partial charge in [0, 0.05) is 5.38 Å². The zero-order chi connectivity index (χ0) is 17.5. The average molecular weight is 347 g/mol. The minimum absolute atomic E-state index is 0.130. The molecule has 0 aliphatic carbocycles. The normalized spacial score (nSPS) is 10.8. The lowest BCUT2D eigenvalue weighted by atomic mass is 10.1. The molecule has 0 spiro atoms. The van der Waals surface area contributed by atoms with Gasteiger partial charge in [0.15, 0.2) is 0 Å². The van der Waals surface area contributed by atoms with Crippen LogP contribution in [-0.4, -0.2) is 34.9 Å². The van der Waals surface area contributed by atoms with E-state index in [-0.39, 0.29) is 18.0 Å². The lowest BCUT2D eigenvalue weighted by molar-refractivity contribution is -0.142. The fourth-order valence-electron chi connectivity index (χ4n) is 1.91. The third-order valence-corrected chi connectivity index (χ3v) is 3.86. The van der Waals surface area contributed by atoms with Crippen LogP contribution in [0.4, 0.5) is 5.13 Å². The van der Waals surface area contributed by atoms with Crippen molar-refractivity contribution in [3.8, 4) is 0 Å². The second-order valence-corrected chi connectivity index (χ2v) is 5.73. The fourth-order valence-corrected chi connectivity index (χ4v) is 2.57. The van der Waals surface area contributed by atoms with Gasteiger partial charge in [-0.05, 0) is 37.1 Å². The zero-order valence-corrected chi connectivity index (χ0v) is 14.1. The number of esters is 1. The number of carbonyl (C=O) groups is 2. The summed E-state index contributed by atoms with van der Waals surface area (Å²) in [6.45, 7) is 3.92. The quantitative estimate of drug-likeness (QED) is 0.454. The van der Waals surface area contributed by atoms with E-state index in [1.165, 1.54) is 17.4 Å². The molecule has 0 fully saturated rings. The Hall–Kier alpha value is -2.74. The van der Waals surface area contributed by atoms with E-state index in [9.17, 15) is 9.59 Å². The summed E-state index contributed by atoms with van der Waals surface area (Å²) in [6, 6.07) is 4.81. The fraction of sp³-hybridized carbons (Fsp3) is 0.250. The Labute approximate surface area is 143 Å². The summed E-state index contributed by atoms with van der Waals surface area (Å²) in [5, 5.41) is 15.3. The lowest BCUT2D eigenvalue weighted by Gasteiger charge is -2.01. The van der Waals surface area contributed by atoms with Gasteiger partial charge in [0.05, 0.1) is 30.5 Å². The smallest absolute Gasteiger partial charge is 0.335 e. The van der Waals surface area contributed by atoms with Crippen molar-refractivity contribution >= 4 is 34.6 Å². The minimum atomic E-state index is -0.961. The van der Waals surface area contributed by atoms with Gasteiger partial charge in [0.1, 0.15) is 0 Å². The van der Waals surface area contributed by atoms with E-state index in [1.807, 2.05) is 6.92 Å². The first kappa shape index (κ1) is 17.6. The molecule has 126 valence electrons. The van der Waals surface area contributed by atoms with Crippen molar-refractivity contribution in [2.24, 2.45) is 5.10 Å². The SMILES string of the molecule is CCOC(=O)Cc1csc(NN=Cc2ccc(C(=O)O)cc2C)n1. The van der Waals surface area contributed by atoms with Crippen LogP contribution >= 0.6 is 11.3 Å². The van der Waals surface area contributed by atoms with Crippen LogP contribution in [0.25, 0.3) is 0 Å². The van der Waals surface area contributed by atoms with Gasteiger partial charge in [-0.1, -0.05) is 6.07 Å². The Balaban J connectivity index is 1.96. The summed E-state index contributed by atoms with van der Waals surface area (Å²) in [5.74, 6) is -1.27. The van der Waals surface area contributed by atoms with Gasteiger partial charge in [-0.15, -0.1) is 11.3 Å². The number of aryl methyl sites for hydroxylation is 1. The number of carboxylic acids is 1. The summed E-state index contributed by atoms with van der Waals surface area (Å²) < 4.78 is 4.87. The summed E-state index contributed by atoms with van der Waals surface area (Å²) >= 11 is 1.33. The molecule has 1 aromatic heterocycles. The second-order valence-electron chi connectivity index (χ2n) is 4.87. The molecule has 0 saturated heterocycles. The minimum Gasteiger partial charge on any atom is -0.478 e. The van der Waals surface area contributed by atoms with Gasteiger partial charge >= 0.3 is 11.9 Å². The Morgan fingerprint density at radius 3 is 2.92 bits per heavy atom. The molecule has 2 rings (SSSR count). The number of thiazole rings is 1. The van der Waals surface area contributed by atoms with Gasteiger partial charge in [-0.2, -0.15) is 5.10 Å². The maximum absolute atomic E-state index is 11.4. The van der Waals surface area contributed by atoms with E-state index < -0.39 is 5.97 Å². The summed E-state index contributed by atoms with van der Waals surface area (Å²) in [5.41, 5.74) is 5.26. The zero-order valence-electron chi connectivity index (χ0n) is 13.3. The molecule has 2 N–H and O–H groups in total. The lowest BCUT2D eigenvalue weighted by Crippen LogP contribution is -2.07. The van der Waals surface area contributed by atoms with Crippen LogP contribution in [0.1, 0.15) is 34.1 Å². The summed E-state index contributed by atoms with van der Waals surface area (Å²) in [6.07, 6.45) is 1.72. The first-order chi connectivity index (χ1) is 11.5. The van der Waals surface area contributed by atoms with Gasteiger partial charge in [0.25, 0.3) is 0 Å². The van der Waals surface area contributed by atoms with Crippen LogP contribution < -0.4 is 5.43 Å². The number of hydrogen-bond acceptors (Lipinski definition) is 7. The maximum Gasteiger partial charge on any atom is 0.335 e. The number of rotatable bonds is 7. The van der Waals surface area contributed by atoms with Crippen LogP contribution in [0.15, 0.2) is 28.7 Å². The molecule has 1 aromatic carbocycles. The number of benzene rings is 1. The molecule has 0 saturated carbocycles. The number of nitrogens with zero attached hydrogens (tertiary/aromatic N) is 2. The first-order valence-corrected chi connectivity index (χ1v) is 8.10. The largest absolute Gasteiger partial charge is 0.478 e. The molecular weight excluding hydrogens is 330 g/mol. The van der Waals surface area contributed by atoms with Gasteiger partial charge in [-0.3, -0.25) is 10.2 Å². The van der Waals surface area contributed by atoms with Crippen molar-refractivity contribution in [2.75, 3.05) is 12.0 Å². The molecule has 24 heavy (non-hydrogen) atoms. The predicted molar refractivity (Wildman–Crippen MR) is 91.8 cm³/mol. The van der Waals surface area contributed by atoms with E-state index >= 15 is 0 Å². The first-order valence-electron chi connectivity index (χ1n) is 7.22. The molecule has 0 radical (unpaired) electrons. The number of ether oxygens (including phenoxy) is 1. The molecule has 0 aliphatic rings. The van der Waals surface area contributed by atoms with E-state index in [1.54, 1.807) is 30.7 Å². The number of carbonyl (C=O) groups excluding carboxylic acids is 1. The van der Waals surface area contributed by atoms with Crippen LogP contribution in [0.3, 0.4) is 0 Å². The van der Waals surface area contributed by atoms with Crippen LogP contribution in [-0.2, 0) is 16.0 Å². The standard InChI is InChI=1S/C16H17N3O4S/c1-3-23-14(20)7-13-9-24-16(18-13)19-17-8-12-5-4-11(15(21)22)6-10(12)2/h4-6,8-9H,3,7H2,1-2H3,(H,18,19)(H,21,22). The molecule has 0 aliphatic heterocycles. The van der Waals surface area contributed by atoms with Crippen molar-refractivity contribution in [1.82, 2.24) is 4.98 Å². The Bertz CT molecular complexity index is 770. The van der Waals surface area contributed by atoms with E-state index in [0.717, 1.165) is 11.1 Å². The number of aromatic nitrogens is 1. The Morgan fingerprint density at radius 1 is 1.46 bits per heavy atom. The van der Waals surface area contributed by atoms with Gasteiger partial charge < -0.3 is 9.84 Å². The number of hydrogen-bond donors (Lipinski definition) is 2. The van der Waals surface area contributed by atoms with Crippen LogP contribution in [0.2, 0.25) is 0 Å². The van der Waals surface area contributed by atoms with Crippen LogP contribution in [0.5, 0.6) is 0 Å². The van der Waals surface area contributed by atoms with Gasteiger partial charge in [-0.25, -0.2) is 9.78 Å². The molecule has 0 amide bonds. The van der Waals surface area contributed by atoms with Crippen molar-refractivity contribution < 1.29 is 19.4 Å². The number of carboxylic acid groups (broad SMARTS) is 1. The highest BCUT2D eigenvalue weighted by Gasteiger charge is 2.08. The third-order valence-electron chi connectivity index (χ3n) is 3.06. The number of aromatic carboxylic acids is 1. The van der Waals surface area contributed by atoms with Crippen molar-refractivity contribution in [3.63, 3.8) is 0 Å². The average Bonchev–Trinajstić information content (AvgIpc) is 2.96. The molecule has 7 nitrogen and oxygen atoms in total. The van der Waals surface area contributed by atoms with Crippen molar-refractivity contribution in [1.29, 1.82) is 0 Å². The molecule has 8 heteroatoms. The van der Waals surface area contributed by atoms with Crippen molar-refractivity contribution in [2.45, 2.75) is 20.3 Å². The third kappa shape index (κ3) is 4.88. The molecule has 2 aromatic rings.